The van der Waals surface area contributed by atoms with Gasteiger partial charge in [0.15, 0.2) is 11.5 Å². The number of likely N-dealkylation sites (tertiary alicyclic amines) is 1. The molecular weight excluding hydrogens is 264 g/mol. The van der Waals surface area contributed by atoms with Gasteiger partial charge in [-0.1, -0.05) is 12.1 Å². The lowest BCUT2D eigenvalue weighted by molar-refractivity contribution is 0.1000. The van der Waals surface area contributed by atoms with Gasteiger partial charge < -0.3 is 20.1 Å². The highest BCUT2D eigenvalue weighted by atomic mass is 16.5. The third-order valence-electron chi connectivity index (χ3n) is 3.79. The molecule has 1 aliphatic rings. The van der Waals surface area contributed by atoms with E-state index in [1.54, 1.807) is 7.11 Å². The molecule has 1 aromatic carbocycles. The molecule has 1 atom stereocenters. The van der Waals surface area contributed by atoms with Crippen molar-refractivity contribution in [1.82, 2.24) is 4.90 Å². The first-order chi connectivity index (χ1) is 9.89. The van der Waals surface area contributed by atoms with Gasteiger partial charge in [0.1, 0.15) is 6.10 Å². The fourth-order valence-electron chi connectivity index (χ4n) is 2.87. The van der Waals surface area contributed by atoms with Crippen molar-refractivity contribution >= 4 is 0 Å². The first-order valence-corrected chi connectivity index (χ1v) is 7.69. The first-order valence-electron chi connectivity index (χ1n) is 7.69. The van der Waals surface area contributed by atoms with E-state index in [2.05, 4.69) is 18.0 Å². The third kappa shape index (κ3) is 4.61. The van der Waals surface area contributed by atoms with Crippen molar-refractivity contribution in [3.05, 3.63) is 23.8 Å². The molecule has 0 saturated carbocycles. The Hall–Kier alpha value is -1.26. The van der Waals surface area contributed by atoms with E-state index in [9.17, 15) is 0 Å². The largest absolute Gasteiger partial charge is 0.493 e. The summed E-state index contributed by atoms with van der Waals surface area (Å²) < 4.78 is 11.8. The van der Waals surface area contributed by atoms with Crippen LogP contribution in [0.2, 0.25) is 0 Å². The van der Waals surface area contributed by atoms with E-state index in [0.29, 0.717) is 0 Å². The van der Waals surface area contributed by atoms with Crippen molar-refractivity contribution in [2.75, 3.05) is 27.2 Å². The Morgan fingerprint density at radius 2 is 2.14 bits per heavy atom. The van der Waals surface area contributed by atoms with Crippen molar-refractivity contribution in [1.29, 1.82) is 0 Å². The Bertz CT molecular complexity index is 468. The number of hydrogen-bond acceptors (Lipinski definition) is 4. The van der Waals surface area contributed by atoms with Gasteiger partial charge in [0.2, 0.25) is 0 Å². The van der Waals surface area contributed by atoms with Gasteiger partial charge >= 0.3 is 0 Å². The maximum absolute atomic E-state index is 6.30. The van der Waals surface area contributed by atoms with Crippen LogP contribution in [0.1, 0.15) is 32.3 Å². The van der Waals surface area contributed by atoms with Crippen molar-refractivity contribution in [3.8, 4) is 11.5 Å². The molecule has 2 rings (SSSR count). The standard InChI is InChI=1S/C17H28N2O2/c1-17(2,18)11-13-7-5-9-15(20-4)16(13)21-14-8-6-10-19(3)12-14/h5,7,9,14H,6,8,10-12,18H2,1-4H3. The van der Waals surface area contributed by atoms with Gasteiger partial charge in [-0.2, -0.15) is 0 Å². The lowest BCUT2D eigenvalue weighted by Crippen LogP contribution is -2.39. The molecule has 0 amide bonds. The zero-order valence-electron chi connectivity index (χ0n) is 13.7. The summed E-state index contributed by atoms with van der Waals surface area (Å²) in [5.74, 6) is 1.66. The van der Waals surface area contributed by atoms with E-state index in [1.165, 1.54) is 6.42 Å². The predicted octanol–water partition coefficient (Wildman–Crippen LogP) is 2.45. The molecule has 4 nitrogen and oxygen atoms in total. The van der Waals surface area contributed by atoms with E-state index >= 15 is 0 Å². The maximum atomic E-state index is 6.30. The molecule has 4 heteroatoms. The summed E-state index contributed by atoms with van der Waals surface area (Å²) in [7, 11) is 3.83. The number of nitrogens with two attached hydrogens (primary N) is 1. The van der Waals surface area contributed by atoms with Crippen LogP contribution in [0, 0.1) is 0 Å². The molecule has 0 aliphatic carbocycles. The van der Waals surface area contributed by atoms with Crippen LogP contribution in [0.3, 0.4) is 0 Å². The molecular formula is C17H28N2O2. The molecule has 1 saturated heterocycles. The second-order valence-corrected chi connectivity index (χ2v) is 6.76. The number of benzene rings is 1. The number of hydrogen-bond donors (Lipinski definition) is 1. The molecule has 1 aromatic rings. The van der Waals surface area contributed by atoms with Gasteiger partial charge in [-0.3, -0.25) is 0 Å². The molecule has 0 spiro atoms. The van der Waals surface area contributed by atoms with E-state index in [0.717, 1.165) is 43.0 Å². The Morgan fingerprint density at radius 3 is 2.76 bits per heavy atom. The minimum absolute atomic E-state index is 0.222. The second kappa shape index (κ2) is 6.67. The number of ether oxygens (including phenoxy) is 2. The van der Waals surface area contributed by atoms with Gasteiger partial charge in [-0.25, -0.2) is 0 Å². The first kappa shape index (κ1) is 16.1. The lowest BCUT2D eigenvalue weighted by Gasteiger charge is -2.31. The topological polar surface area (TPSA) is 47.7 Å². The van der Waals surface area contributed by atoms with E-state index in [-0.39, 0.29) is 11.6 Å². The minimum Gasteiger partial charge on any atom is -0.493 e. The quantitative estimate of drug-likeness (QED) is 0.905. The van der Waals surface area contributed by atoms with Crippen molar-refractivity contribution in [2.24, 2.45) is 5.73 Å². The van der Waals surface area contributed by atoms with Crippen molar-refractivity contribution < 1.29 is 9.47 Å². The van der Waals surface area contributed by atoms with Gasteiger partial charge in [-0.05, 0) is 58.3 Å². The van der Waals surface area contributed by atoms with Crippen LogP contribution in [0.25, 0.3) is 0 Å². The molecule has 21 heavy (non-hydrogen) atoms. The number of likely N-dealkylation sites (N-methyl/N-ethyl adjacent to an activating group) is 1. The van der Waals surface area contributed by atoms with Crippen molar-refractivity contribution in [2.45, 2.75) is 44.8 Å². The number of methoxy groups -OCH3 is 1. The summed E-state index contributed by atoms with van der Waals surface area (Å²) in [5, 5.41) is 0. The number of para-hydroxylation sites is 1. The molecule has 0 bridgehead atoms. The number of rotatable bonds is 5. The Balaban J connectivity index is 2.22. The van der Waals surface area contributed by atoms with Crippen LogP contribution in [0.4, 0.5) is 0 Å². The zero-order chi connectivity index (χ0) is 15.5. The Kier molecular flexibility index (Phi) is 5.12. The summed E-state index contributed by atoms with van der Waals surface area (Å²) in [6, 6.07) is 6.04. The predicted molar refractivity (Wildman–Crippen MR) is 86.1 cm³/mol. The fourth-order valence-corrected chi connectivity index (χ4v) is 2.87. The van der Waals surface area contributed by atoms with E-state index in [4.69, 9.17) is 15.2 Å². The van der Waals surface area contributed by atoms with Crippen LogP contribution in [0.5, 0.6) is 11.5 Å². The zero-order valence-corrected chi connectivity index (χ0v) is 13.7. The molecule has 118 valence electrons. The maximum Gasteiger partial charge on any atom is 0.164 e. The highest BCUT2D eigenvalue weighted by Crippen LogP contribution is 2.34. The molecule has 1 heterocycles. The normalized spacial score (nSPS) is 20.3. The van der Waals surface area contributed by atoms with Gasteiger partial charge in [0, 0.05) is 12.1 Å². The lowest BCUT2D eigenvalue weighted by atomic mass is 9.95. The van der Waals surface area contributed by atoms with Gasteiger partial charge in [0.05, 0.1) is 7.11 Å². The molecule has 2 N–H and O–H groups in total. The molecule has 1 fully saturated rings. The molecule has 1 unspecified atom stereocenters. The van der Waals surface area contributed by atoms with E-state index < -0.39 is 0 Å². The van der Waals surface area contributed by atoms with Gasteiger partial charge in [0.25, 0.3) is 0 Å². The van der Waals surface area contributed by atoms with E-state index in [1.807, 2.05) is 26.0 Å². The number of piperidine rings is 1. The van der Waals surface area contributed by atoms with Crippen LogP contribution < -0.4 is 15.2 Å². The Morgan fingerprint density at radius 1 is 1.38 bits per heavy atom. The average Bonchev–Trinajstić information content (AvgIpc) is 2.39. The monoisotopic (exact) mass is 292 g/mol. The summed E-state index contributed by atoms with van der Waals surface area (Å²) >= 11 is 0. The fraction of sp³-hybridized carbons (Fsp3) is 0.647. The Labute approximate surface area is 128 Å². The molecule has 1 aliphatic heterocycles. The molecule has 0 aromatic heterocycles. The minimum atomic E-state index is -0.270. The van der Waals surface area contributed by atoms with Gasteiger partial charge in [-0.15, -0.1) is 0 Å². The smallest absolute Gasteiger partial charge is 0.164 e. The highest BCUT2D eigenvalue weighted by molar-refractivity contribution is 5.47. The van der Waals surface area contributed by atoms with Crippen molar-refractivity contribution in [3.63, 3.8) is 0 Å². The summed E-state index contributed by atoms with van der Waals surface area (Å²) in [6.07, 6.45) is 3.25. The highest BCUT2D eigenvalue weighted by Gasteiger charge is 2.23. The third-order valence-corrected chi connectivity index (χ3v) is 3.79. The van der Waals surface area contributed by atoms with Crippen LogP contribution in [-0.4, -0.2) is 43.8 Å². The summed E-state index contributed by atoms with van der Waals surface area (Å²) in [6.45, 7) is 6.17. The second-order valence-electron chi connectivity index (χ2n) is 6.76. The summed E-state index contributed by atoms with van der Waals surface area (Å²) in [5.41, 5.74) is 7.03. The van der Waals surface area contributed by atoms with Crippen LogP contribution in [0.15, 0.2) is 18.2 Å². The number of nitrogens with zero attached hydrogens (tertiary/aromatic N) is 1. The average molecular weight is 292 g/mol. The molecule has 0 radical (unpaired) electrons. The van der Waals surface area contributed by atoms with Crippen LogP contribution >= 0.6 is 0 Å². The summed E-state index contributed by atoms with van der Waals surface area (Å²) in [4.78, 5) is 2.32. The SMILES string of the molecule is COc1cccc(CC(C)(C)N)c1OC1CCCN(C)C1. The van der Waals surface area contributed by atoms with Crippen LogP contribution in [-0.2, 0) is 6.42 Å².